The van der Waals surface area contributed by atoms with Crippen molar-refractivity contribution in [2.75, 3.05) is 5.75 Å². The third-order valence-corrected chi connectivity index (χ3v) is 8.10. The van der Waals surface area contributed by atoms with Crippen LogP contribution in [0, 0.1) is 5.92 Å². The van der Waals surface area contributed by atoms with Gasteiger partial charge in [0.2, 0.25) is 0 Å². The zero-order valence-electron chi connectivity index (χ0n) is 15.0. The molecule has 1 unspecified atom stereocenters. The average Bonchev–Trinajstić information content (AvgIpc) is 3.12. The minimum atomic E-state index is -0.667. The van der Waals surface area contributed by atoms with E-state index in [-0.39, 0.29) is 5.92 Å². The van der Waals surface area contributed by atoms with E-state index in [1.807, 2.05) is 11.4 Å². The summed E-state index contributed by atoms with van der Waals surface area (Å²) in [5.41, 5.74) is 1.21. The van der Waals surface area contributed by atoms with Crippen molar-refractivity contribution in [1.29, 1.82) is 0 Å². The van der Waals surface area contributed by atoms with Gasteiger partial charge in [-0.1, -0.05) is 38.5 Å². The van der Waals surface area contributed by atoms with Crippen LogP contribution in [0.3, 0.4) is 0 Å². The van der Waals surface area contributed by atoms with E-state index in [2.05, 4.69) is 5.32 Å². The van der Waals surface area contributed by atoms with Gasteiger partial charge in [0, 0.05) is 17.8 Å². The smallest absolute Gasteiger partial charge is 0.307 e. The largest absolute Gasteiger partial charge is 0.481 e. The van der Waals surface area contributed by atoms with Crippen molar-refractivity contribution in [1.82, 2.24) is 5.32 Å². The summed E-state index contributed by atoms with van der Waals surface area (Å²) in [6.07, 6.45) is 15.3. The zero-order chi connectivity index (χ0) is 17.5. The number of nitrogens with one attached hydrogen (secondary N) is 1. The topological polar surface area (TPSA) is 49.3 Å². The second-order valence-electron chi connectivity index (χ2n) is 7.62. The van der Waals surface area contributed by atoms with Gasteiger partial charge in [0.25, 0.3) is 0 Å². The van der Waals surface area contributed by atoms with Crippen molar-refractivity contribution in [3.05, 3.63) is 17.0 Å². The molecule has 1 aliphatic heterocycles. The van der Waals surface area contributed by atoms with Crippen molar-refractivity contribution in [2.24, 2.45) is 5.92 Å². The monoisotopic (exact) mass is 381 g/mol. The number of carboxylic acid groups (broad SMARTS) is 1. The molecule has 3 aliphatic rings. The van der Waals surface area contributed by atoms with E-state index in [1.54, 1.807) is 23.1 Å². The molecular formula is C20H31NO2S2. The zero-order valence-corrected chi connectivity index (χ0v) is 16.7. The highest BCUT2D eigenvalue weighted by Gasteiger charge is 2.25. The Kier molecular flexibility index (Phi) is 7.68. The van der Waals surface area contributed by atoms with Crippen LogP contribution in [0.2, 0.25) is 0 Å². The molecule has 3 nitrogen and oxygen atoms in total. The van der Waals surface area contributed by atoms with Crippen LogP contribution >= 0.6 is 23.1 Å². The van der Waals surface area contributed by atoms with Crippen molar-refractivity contribution < 1.29 is 9.90 Å². The lowest BCUT2D eigenvalue weighted by atomic mass is 9.91. The Labute approximate surface area is 160 Å². The third-order valence-electron chi connectivity index (χ3n) is 5.62. The predicted molar refractivity (Wildman–Crippen MR) is 107 cm³/mol. The second kappa shape index (κ2) is 9.98. The molecule has 2 aliphatic carbocycles. The van der Waals surface area contributed by atoms with Gasteiger partial charge in [-0.05, 0) is 49.1 Å². The van der Waals surface area contributed by atoms with Gasteiger partial charge in [-0.25, -0.2) is 0 Å². The molecule has 1 aromatic rings. The van der Waals surface area contributed by atoms with Gasteiger partial charge in [0.1, 0.15) is 0 Å². The Hall–Kier alpha value is -0.520. The Balaban J connectivity index is 0.000000146. The first-order chi connectivity index (χ1) is 12.2. The Bertz CT molecular complexity index is 518. The molecule has 0 spiro atoms. The summed E-state index contributed by atoms with van der Waals surface area (Å²) in [5, 5.41) is 14.7. The van der Waals surface area contributed by atoms with Crippen LogP contribution in [0.1, 0.15) is 69.8 Å². The summed E-state index contributed by atoms with van der Waals surface area (Å²) >= 11 is 3.38. The number of carboxylic acids is 1. The highest BCUT2D eigenvalue weighted by molar-refractivity contribution is 8.01. The number of hydrogen-bond acceptors (Lipinski definition) is 4. The number of carbonyl (C=O) groups is 1. The molecular weight excluding hydrogens is 350 g/mol. The van der Waals surface area contributed by atoms with Gasteiger partial charge < -0.3 is 10.4 Å². The lowest BCUT2D eigenvalue weighted by molar-refractivity contribution is -0.140. The molecule has 2 saturated carbocycles. The van der Waals surface area contributed by atoms with Gasteiger partial charge in [-0.3, -0.25) is 4.79 Å². The molecule has 25 heavy (non-hydrogen) atoms. The first-order valence-electron chi connectivity index (χ1n) is 9.90. The van der Waals surface area contributed by atoms with Gasteiger partial charge >= 0.3 is 5.97 Å². The lowest BCUT2D eigenvalue weighted by Gasteiger charge is -2.30. The molecule has 2 N–H and O–H groups in total. The van der Waals surface area contributed by atoms with E-state index in [9.17, 15) is 4.79 Å². The Morgan fingerprint density at radius 1 is 1.00 bits per heavy atom. The Morgan fingerprint density at radius 3 is 2.16 bits per heavy atom. The van der Waals surface area contributed by atoms with Crippen molar-refractivity contribution in [2.45, 2.75) is 86.9 Å². The molecule has 0 saturated heterocycles. The van der Waals surface area contributed by atoms with Crippen LogP contribution in [0.5, 0.6) is 0 Å². The highest BCUT2D eigenvalue weighted by Crippen LogP contribution is 2.36. The molecule has 0 bridgehead atoms. The average molecular weight is 382 g/mol. The lowest BCUT2D eigenvalue weighted by Crippen LogP contribution is -2.40. The molecule has 1 atom stereocenters. The molecule has 4 rings (SSSR count). The molecule has 2 fully saturated rings. The number of thioether (sulfide) groups is 1. The summed E-state index contributed by atoms with van der Waals surface area (Å²) < 4.78 is 1.30. The van der Waals surface area contributed by atoms with Gasteiger partial charge in [-0.2, -0.15) is 0 Å². The maximum absolute atomic E-state index is 10.7. The van der Waals surface area contributed by atoms with Crippen molar-refractivity contribution >= 4 is 29.1 Å². The summed E-state index contributed by atoms with van der Waals surface area (Å²) in [5.74, 6) is -0.125. The van der Waals surface area contributed by atoms with Crippen molar-refractivity contribution in [3.63, 3.8) is 0 Å². The summed E-state index contributed by atoms with van der Waals surface area (Å²) in [4.78, 5) is 10.7. The molecule has 0 aromatic carbocycles. The van der Waals surface area contributed by atoms with Crippen LogP contribution in [-0.2, 0) is 11.2 Å². The standard InChI is InChI=1S/C12H23N.C8H8O2S2/c1-3-7-11(8-4-1)13-12-9-5-2-6-10-12;9-7(10)6-3-5-1-2-11-8(5)12-4-6/h11-13H,1-10H2;1-2,6H,3-4H2,(H,9,10). The summed E-state index contributed by atoms with van der Waals surface area (Å²) in [6.45, 7) is 0. The number of hydrogen-bond donors (Lipinski definition) is 2. The van der Waals surface area contributed by atoms with Gasteiger partial charge in [0.15, 0.2) is 0 Å². The minimum Gasteiger partial charge on any atom is -0.481 e. The summed E-state index contributed by atoms with van der Waals surface area (Å²) in [6, 6.07) is 3.77. The SMILES string of the molecule is C1CCC(NC2CCCCC2)CC1.O=C(O)C1CSc2sccc2C1. The van der Waals surface area contributed by atoms with Gasteiger partial charge in [0.05, 0.1) is 10.1 Å². The molecule has 5 heteroatoms. The van der Waals surface area contributed by atoms with Crippen molar-refractivity contribution in [3.8, 4) is 0 Å². The van der Waals surface area contributed by atoms with E-state index < -0.39 is 5.97 Å². The first-order valence-corrected chi connectivity index (χ1v) is 11.8. The molecule has 0 amide bonds. The minimum absolute atomic E-state index is 0.183. The summed E-state index contributed by atoms with van der Waals surface area (Å²) in [7, 11) is 0. The van der Waals surface area contributed by atoms with Gasteiger partial charge in [-0.15, -0.1) is 23.1 Å². The van der Waals surface area contributed by atoms with E-state index in [0.717, 1.165) is 17.8 Å². The normalized spacial score (nSPS) is 24.9. The maximum atomic E-state index is 10.7. The maximum Gasteiger partial charge on any atom is 0.307 e. The number of rotatable bonds is 3. The van der Waals surface area contributed by atoms with E-state index in [1.165, 1.54) is 74.0 Å². The predicted octanol–water partition coefficient (Wildman–Crippen LogP) is 5.34. The van der Waals surface area contributed by atoms with E-state index in [4.69, 9.17) is 5.11 Å². The third kappa shape index (κ3) is 6.00. The molecule has 1 aromatic heterocycles. The van der Waals surface area contributed by atoms with Crippen LogP contribution in [0.15, 0.2) is 15.7 Å². The van der Waals surface area contributed by atoms with Crippen LogP contribution < -0.4 is 5.32 Å². The number of thiophene rings is 1. The number of fused-ring (bicyclic) bond motifs is 1. The first kappa shape index (κ1) is 19.2. The van der Waals surface area contributed by atoms with Crippen LogP contribution in [-0.4, -0.2) is 28.9 Å². The molecule has 2 heterocycles. The van der Waals surface area contributed by atoms with E-state index >= 15 is 0 Å². The highest BCUT2D eigenvalue weighted by atomic mass is 32.2. The Morgan fingerprint density at radius 2 is 1.60 bits per heavy atom. The quantitative estimate of drug-likeness (QED) is 0.742. The fourth-order valence-corrected chi connectivity index (χ4v) is 6.38. The van der Waals surface area contributed by atoms with Crippen LogP contribution in [0.4, 0.5) is 0 Å². The number of aliphatic carboxylic acids is 1. The van der Waals surface area contributed by atoms with Crippen LogP contribution in [0.25, 0.3) is 0 Å². The molecule has 140 valence electrons. The fraction of sp³-hybridized carbons (Fsp3) is 0.750. The molecule has 0 radical (unpaired) electrons. The van der Waals surface area contributed by atoms with E-state index in [0.29, 0.717) is 6.42 Å². The fourth-order valence-electron chi connectivity index (χ4n) is 4.13. The second-order valence-corrected chi connectivity index (χ2v) is 9.82.